The Morgan fingerprint density at radius 3 is 2.38 bits per heavy atom. The van der Waals surface area contributed by atoms with Gasteiger partial charge in [-0.3, -0.25) is 24.2 Å². The van der Waals surface area contributed by atoms with Gasteiger partial charge in [-0.15, -0.1) is 0 Å². The van der Waals surface area contributed by atoms with Crippen LogP contribution in [0.2, 0.25) is 0 Å². The standard InChI is InChI=1S/C32H34N10O3/c1-21-28(32(45)42(39(21)2)24-6-4-3-5-7-24)31(44)36-23-10-8-22(9-11-23)29-30(33)35-19-26(38-29)25-18-34-20-27(37-25)41-14-12-40(13-15-41)16-17-43/h3-11,18-20,43H,12-17H2,1-2H3,(H2,33,35)(H,36,44). The van der Waals surface area contributed by atoms with Gasteiger partial charge in [0, 0.05) is 51.0 Å². The van der Waals surface area contributed by atoms with Gasteiger partial charge in [-0.2, -0.15) is 0 Å². The van der Waals surface area contributed by atoms with Gasteiger partial charge in [-0.1, -0.05) is 30.3 Å². The van der Waals surface area contributed by atoms with Crippen molar-refractivity contribution < 1.29 is 9.90 Å². The summed E-state index contributed by atoms with van der Waals surface area (Å²) in [4.78, 5) is 49.2. The number of aromatic nitrogens is 6. The number of aliphatic hydroxyl groups is 1. The Morgan fingerprint density at radius 2 is 1.67 bits per heavy atom. The number of piperazine rings is 1. The molecule has 4 heterocycles. The number of rotatable bonds is 8. The second-order valence-corrected chi connectivity index (χ2v) is 10.8. The van der Waals surface area contributed by atoms with Crippen molar-refractivity contribution in [1.29, 1.82) is 0 Å². The average molecular weight is 607 g/mol. The molecule has 3 aromatic heterocycles. The molecule has 2 aromatic carbocycles. The van der Waals surface area contributed by atoms with Crippen LogP contribution in [-0.4, -0.2) is 84.5 Å². The van der Waals surface area contributed by atoms with Crippen molar-refractivity contribution in [1.82, 2.24) is 34.2 Å². The largest absolute Gasteiger partial charge is 0.395 e. The predicted molar refractivity (Wildman–Crippen MR) is 172 cm³/mol. The van der Waals surface area contributed by atoms with E-state index in [-0.39, 0.29) is 18.0 Å². The molecule has 4 N–H and O–H groups in total. The fraction of sp³-hybridized carbons (Fsp3) is 0.250. The van der Waals surface area contributed by atoms with Crippen molar-refractivity contribution in [3.63, 3.8) is 0 Å². The molecule has 5 aromatic rings. The number of anilines is 3. The Labute approximate surface area is 259 Å². The Balaban J connectivity index is 1.20. The van der Waals surface area contributed by atoms with E-state index in [0.717, 1.165) is 32.0 Å². The van der Waals surface area contributed by atoms with E-state index in [4.69, 9.17) is 15.7 Å². The quantitative estimate of drug-likeness (QED) is 0.239. The summed E-state index contributed by atoms with van der Waals surface area (Å²) >= 11 is 0. The number of carbonyl (C=O) groups excluding carboxylic acids is 1. The molecule has 0 atom stereocenters. The second kappa shape index (κ2) is 12.7. The molecule has 230 valence electrons. The lowest BCUT2D eigenvalue weighted by molar-refractivity contribution is 0.102. The third-order valence-electron chi connectivity index (χ3n) is 8.00. The van der Waals surface area contributed by atoms with Gasteiger partial charge in [0.15, 0.2) is 0 Å². The Morgan fingerprint density at radius 1 is 0.956 bits per heavy atom. The first-order valence-electron chi connectivity index (χ1n) is 14.6. The summed E-state index contributed by atoms with van der Waals surface area (Å²) in [5.41, 5.74) is 9.91. The van der Waals surface area contributed by atoms with Crippen LogP contribution in [0.4, 0.5) is 17.3 Å². The van der Waals surface area contributed by atoms with Crippen LogP contribution in [-0.2, 0) is 7.05 Å². The van der Waals surface area contributed by atoms with Gasteiger partial charge in [0.05, 0.1) is 36.6 Å². The molecule has 1 fully saturated rings. The van der Waals surface area contributed by atoms with Gasteiger partial charge in [-0.25, -0.2) is 19.6 Å². The lowest BCUT2D eigenvalue weighted by atomic mass is 10.1. The molecule has 13 nitrogen and oxygen atoms in total. The highest BCUT2D eigenvalue weighted by molar-refractivity contribution is 6.05. The third-order valence-corrected chi connectivity index (χ3v) is 8.00. The van der Waals surface area contributed by atoms with Crippen LogP contribution in [0.3, 0.4) is 0 Å². The van der Waals surface area contributed by atoms with E-state index in [1.807, 2.05) is 30.3 Å². The van der Waals surface area contributed by atoms with E-state index < -0.39 is 11.5 Å². The fourth-order valence-electron chi connectivity index (χ4n) is 5.44. The van der Waals surface area contributed by atoms with Gasteiger partial charge in [0.25, 0.3) is 11.5 Å². The van der Waals surface area contributed by atoms with Crippen molar-refractivity contribution in [3.05, 3.63) is 94.8 Å². The van der Waals surface area contributed by atoms with E-state index in [0.29, 0.717) is 46.3 Å². The number of carbonyl (C=O) groups is 1. The number of para-hydroxylation sites is 1. The van der Waals surface area contributed by atoms with Gasteiger partial charge in [0.2, 0.25) is 0 Å². The van der Waals surface area contributed by atoms with Crippen LogP contribution in [0.5, 0.6) is 0 Å². The van der Waals surface area contributed by atoms with Gasteiger partial charge in [-0.05, 0) is 31.2 Å². The SMILES string of the molecule is Cc1c(C(=O)Nc2ccc(-c3nc(-c4cncc(N5CCN(CCO)CC5)n4)cnc3N)cc2)c(=O)n(-c2ccccc2)n1C. The fourth-order valence-corrected chi connectivity index (χ4v) is 5.44. The van der Waals surface area contributed by atoms with E-state index in [9.17, 15) is 14.7 Å². The molecule has 6 rings (SSSR count). The normalized spacial score (nSPS) is 13.6. The predicted octanol–water partition coefficient (Wildman–Crippen LogP) is 2.35. The number of nitrogens with one attached hydrogen (secondary N) is 1. The van der Waals surface area contributed by atoms with E-state index >= 15 is 0 Å². The zero-order valence-corrected chi connectivity index (χ0v) is 25.1. The lowest BCUT2D eigenvalue weighted by Gasteiger charge is -2.34. The highest BCUT2D eigenvalue weighted by Gasteiger charge is 2.23. The van der Waals surface area contributed by atoms with Crippen LogP contribution in [0.1, 0.15) is 16.1 Å². The van der Waals surface area contributed by atoms with E-state index in [1.165, 1.54) is 4.68 Å². The number of aliphatic hydroxyl groups excluding tert-OH is 1. The number of hydrogen-bond acceptors (Lipinski definition) is 10. The summed E-state index contributed by atoms with van der Waals surface area (Å²) in [5.74, 6) is 0.506. The maximum Gasteiger partial charge on any atom is 0.284 e. The first-order valence-corrected chi connectivity index (χ1v) is 14.6. The summed E-state index contributed by atoms with van der Waals surface area (Å²) in [6.45, 7) is 5.80. The Bertz CT molecular complexity index is 1880. The molecule has 13 heteroatoms. The number of benzene rings is 2. The zero-order chi connectivity index (χ0) is 31.5. The molecule has 1 saturated heterocycles. The van der Waals surface area contributed by atoms with Crippen molar-refractivity contribution >= 4 is 23.2 Å². The van der Waals surface area contributed by atoms with Crippen molar-refractivity contribution in [2.45, 2.75) is 6.92 Å². The zero-order valence-electron chi connectivity index (χ0n) is 25.1. The number of β-amino-alcohol motifs (C(OH)–C–C–N with tert-alkyl or cyclic N) is 1. The monoisotopic (exact) mass is 606 g/mol. The van der Waals surface area contributed by atoms with Gasteiger partial charge in [0.1, 0.15) is 34.3 Å². The minimum absolute atomic E-state index is 0.0728. The summed E-state index contributed by atoms with van der Waals surface area (Å²) in [6.07, 6.45) is 4.95. The molecule has 1 amide bonds. The average Bonchev–Trinajstić information content (AvgIpc) is 3.29. The highest BCUT2D eigenvalue weighted by atomic mass is 16.3. The van der Waals surface area contributed by atoms with Crippen LogP contribution in [0, 0.1) is 6.92 Å². The van der Waals surface area contributed by atoms with Crippen molar-refractivity contribution in [3.8, 4) is 28.3 Å². The minimum Gasteiger partial charge on any atom is -0.395 e. The van der Waals surface area contributed by atoms with Gasteiger partial charge < -0.3 is 21.1 Å². The number of nitrogens with two attached hydrogens (primary N) is 1. The number of amides is 1. The topological polar surface area (TPSA) is 160 Å². The molecule has 45 heavy (non-hydrogen) atoms. The van der Waals surface area contributed by atoms with E-state index in [2.05, 4.69) is 25.1 Å². The summed E-state index contributed by atoms with van der Waals surface area (Å²) < 4.78 is 3.14. The van der Waals surface area contributed by atoms with Crippen molar-refractivity contribution in [2.75, 3.05) is 55.3 Å². The summed E-state index contributed by atoms with van der Waals surface area (Å²) in [6, 6.07) is 16.2. The molecular formula is C32H34N10O3. The smallest absolute Gasteiger partial charge is 0.284 e. The first-order chi connectivity index (χ1) is 21.8. The summed E-state index contributed by atoms with van der Waals surface area (Å²) in [5, 5.41) is 12.1. The van der Waals surface area contributed by atoms with Gasteiger partial charge >= 0.3 is 0 Å². The molecule has 1 aliphatic rings. The molecule has 0 radical (unpaired) electrons. The second-order valence-electron chi connectivity index (χ2n) is 10.8. The number of hydrogen-bond donors (Lipinski definition) is 3. The maximum absolute atomic E-state index is 13.2. The van der Waals surface area contributed by atoms with Crippen LogP contribution < -0.4 is 21.5 Å². The molecule has 0 spiro atoms. The summed E-state index contributed by atoms with van der Waals surface area (Å²) in [7, 11) is 1.75. The van der Waals surface area contributed by atoms with E-state index in [1.54, 1.807) is 61.5 Å². The maximum atomic E-state index is 13.2. The Kier molecular flexibility index (Phi) is 8.36. The molecule has 0 bridgehead atoms. The Hall–Kier alpha value is -5.40. The first kappa shape index (κ1) is 29.7. The molecule has 0 saturated carbocycles. The molecule has 0 unspecified atom stereocenters. The van der Waals surface area contributed by atoms with Crippen molar-refractivity contribution in [2.24, 2.45) is 7.05 Å². The third kappa shape index (κ3) is 6.03. The minimum atomic E-state index is -0.495. The molecule has 0 aliphatic carbocycles. The number of nitrogen functional groups attached to an aromatic ring is 1. The molecule has 1 aliphatic heterocycles. The van der Waals surface area contributed by atoms with Crippen LogP contribution in [0.25, 0.3) is 28.3 Å². The van der Waals surface area contributed by atoms with Crippen LogP contribution in [0.15, 0.2) is 78.0 Å². The molecular weight excluding hydrogens is 572 g/mol. The van der Waals surface area contributed by atoms with Crippen LogP contribution >= 0.6 is 0 Å². The highest BCUT2D eigenvalue weighted by Crippen LogP contribution is 2.27. The number of nitrogens with zero attached hydrogens (tertiary/aromatic N) is 8. The lowest BCUT2D eigenvalue weighted by Crippen LogP contribution is -2.47.